The molecular weight excluding hydrogens is 472 g/mol. The molecule has 0 bridgehead atoms. The molecule has 2 aliphatic rings. The molecule has 3 heterocycles. The third-order valence-electron chi connectivity index (χ3n) is 8.02. The SMILES string of the molecule is CCC(NC)c1ccc(C(=O)N2CC(c3ccc(F)cc3)CC2CN2CCC(c3cccc(F)c3)C2)o1. The Morgan fingerprint density at radius 3 is 2.57 bits per heavy atom. The minimum Gasteiger partial charge on any atom is -0.454 e. The zero-order valence-electron chi connectivity index (χ0n) is 21.5. The molecule has 196 valence electrons. The van der Waals surface area contributed by atoms with Crippen LogP contribution in [0.3, 0.4) is 0 Å². The van der Waals surface area contributed by atoms with Crippen molar-refractivity contribution < 1.29 is 18.0 Å². The number of nitrogens with zero attached hydrogens (tertiary/aromatic N) is 2. The summed E-state index contributed by atoms with van der Waals surface area (Å²) >= 11 is 0. The van der Waals surface area contributed by atoms with Gasteiger partial charge in [0.05, 0.1) is 6.04 Å². The number of carbonyl (C=O) groups is 1. The molecule has 0 aliphatic carbocycles. The van der Waals surface area contributed by atoms with E-state index in [2.05, 4.69) is 17.1 Å². The molecule has 2 aliphatic heterocycles. The summed E-state index contributed by atoms with van der Waals surface area (Å²) in [7, 11) is 1.88. The first-order chi connectivity index (χ1) is 17.9. The van der Waals surface area contributed by atoms with Crippen molar-refractivity contribution in [3.63, 3.8) is 0 Å². The van der Waals surface area contributed by atoms with Crippen molar-refractivity contribution in [1.82, 2.24) is 15.1 Å². The van der Waals surface area contributed by atoms with Crippen LogP contribution in [0.5, 0.6) is 0 Å². The van der Waals surface area contributed by atoms with Crippen LogP contribution in [0.15, 0.2) is 65.1 Å². The van der Waals surface area contributed by atoms with Gasteiger partial charge in [-0.25, -0.2) is 8.78 Å². The van der Waals surface area contributed by atoms with Gasteiger partial charge in [0.1, 0.15) is 17.4 Å². The molecule has 5 rings (SSSR count). The van der Waals surface area contributed by atoms with Crippen LogP contribution in [-0.4, -0.2) is 55.0 Å². The summed E-state index contributed by atoms with van der Waals surface area (Å²) in [6.45, 7) is 5.13. The number of hydrogen-bond donors (Lipinski definition) is 1. The molecule has 5 nitrogen and oxygen atoms in total. The summed E-state index contributed by atoms with van der Waals surface area (Å²) in [6, 6.07) is 17.2. The van der Waals surface area contributed by atoms with E-state index < -0.39 is 0 Å². The smallest absolute Gasteiger partial charge is 0.289 e. The minimum atomic E-state index is -0.259. The molecule has 1 amide bonds. The monoisotopic (exact) mass is 507 g/mol. The van der Waals surface area contributed by atoms with Gasteiger partial charge in [0.15, 0.2) is 5.76 Å². The van der Waals surface area contributed by atoms with E-state index in [0.29, 0.717) is 12.3 Å². The first-order valence-corrected chi connectivity index (χ1v) is 13.3. The standard InChI is InChI=1S/C30H35F2N3O2/c1-3-27(33-2)28-11-12-29(37-28)30(36)35-18-23(20-7-9-24(31)10-8-20)16-26(35)19-34-14-13-22(17-34)21-5-4-6-25(32)15-21/h4-12,15,22-23,26-27,33H,3,13-14,16-19H2,1-2H3. The predicted molar refractivity (Wildman–Crippen MR) is 140 cm³/mol. The van der Waals surface area contributed by atoms with Gasteiger partial charge >= 0.3 is 0 Å². The summed E-state index contributed by atoms with van der Waals surface area (Å²) in [4.78, 5) is 18.0. The average Bonchev–Trinajstić information content (AvgIpc) is 3.66. The zero-order chi connectivity index (χ0) is 25.9. The third kappa shape index (κ3) is 5.63. The second kappa shape index (κ2) is 11.2. The van der Waals surface area contributed by atoms with Crippen molar-refractivity contribution in [2.45, 2.75) is 50.1 Å². The van der Waals surface area contributed by atoms with Crippen LogP contribution in [0, 0.1) is 11.6 Å². The molecule has 2 fully saturated rings. The number of likely N-dealkylation sites (tertiary alicyclic amines) is 2. The van der Waals surface area contributed by atoms with Gasteiger partial charge in [-0.15, -0.1) is 0 Å². The molecule has 3 aromatic rings. The lowest BCUT2D eigenvalue weighted by molar-refractivity contribution is 0.0672. The molecule has 4 atom stereocenters. The maximum atomic E-state index is 13.8. The van der Waals surface area contributed by atoms with Crippen molar-refractivity contribution in [3.05, 3.63) is 94.9 Å². The third-order valence-corrected chi connectivity index (χ3v) is 8.02. The Morgan fingerprint density at radius 2 is 1.84 bits per heavy atom. The first-order valence-electron chi connectivity index (χ1n) is 13.3. The van der Waals surface area contributed by atoms with E-state index in [1.807, 2.05) is 36.2 Å². The Kier molecular flexibility index (Phi) is 7.72. The van der Waals surface area contributed by atoms with Crippen LogP contribution in [0.25, 0.3) is 0 Å². The number of nitrogens with one attached hydrogen (secondary N) is 1. The van der Waals surface area contributed by atoms with Crippen LogP contribution in [0.4, 0.5) is 8.78 Å². The average molecular weight is 508 g/mol. The topological polar surface area (TPSA) is 48.7 Å². The van der Waals surface area contributed by atoms with E-state index in [-0.39, 0.29) is 41.5 Å². The molecule has 0 saturated carbocycles. The zero-order valence-corrected chi connectivity index (χ0v) is 21.5. The molecule has 0 radical (unpaired) electrons. The van der Waals surface area contributed by atoms with Crippen LogP contribution in [0.1, 0.15) is 71.5 Å². The maximum absolute atomic E-state index is 13.8. The summed E-state index contributed by atoms with van der Waals surface area (Å²) in [6.07, 6.45) is 2.63. The molecule has 1 aromatic heterocycles. The summed E-state index contributed by atoms with van der Waals surface area (Å²) in [5.41, 5.74) is 2.08. The van der Waals surface area contributed by atoms with Gasteiger partial charge in [0.25, 0.3) is 5.91 Å². The van der Waals surface area contributed by atoms with Crippen molar-refractivity contribution >= 4 is 5.91 Å². The molecule has 7 heteroatoms. The van der Waals surface area contributed by atoms with Crippen LogP contribution >= 0.6 is 0 Å². The quantitative estimate of drug-likeness (QED) is 0.424. The lowest BCUT2D eigenvalue weighted by Gasteiger charge is -2.28. The van der Waals surface area contributed by atoms with E-state index in [9.17, 15) is 13.6 Å². The van der Waals surface area contributed by atoms with E-state index in [0.717, 1.165) is 55.8 Å². The lowest BCUT2D eigenvalue weighted by Crippen LogP contribution is -2.42. The largest absolute Gasteiger partial charge is 0.454 e. The first kappa shape index (κ1) is 25.6. The number of hydrogen-bond acceptors (Lipinski definition) is 4. The molecule has 1 N–H and O–H groups in total. The fourth-order valence-electron chi connectivity index (χ4n) is 5.99. The molecule has 0 spiro atoms. The van der Waals surface area contributed by atoms with Gasteiger partial charge in [0, 0.05) is 31.6 Å². The Balaban J connectivity index is 1.33. The number of rotatable bonds is 8. The van der Waals surface area contributed by atoms with Crippen molar-refractivity contribution in [3.8, 4) is 0 Å². The molecule has 4 unspecified atom stereocenters. The van der Waals surface area contributed by atoms with Crippen molar-refractivity contribution in [2.75, 3.05) is 33.2 Å². The van der Waals surface area contributed by atoms with Crippen molar-refractivity contribution in [1.29, 1.82) is 0 Å². The van der Waals surface area contributed by atoms with Crippen LogP contribution < -0.4 is 5.32 Å². The summed E-state index contributed by atoms with van der Waals surface area (Å²) in [5.74, 6) is 0.967. The van der Waals surface area contributed by atoms with Gasteiger partial charge in [-0.2, -0.15) is 0 Å². The lowest BCUT2D eigenvalue weighted by atomic mass is 9.96. The van der Waals surface area contributed by atoms with Gasteiger partial charge < -0.3 is 19.5 Å². The maximum Gasteiger partial charge on any atom is 0.289 e. The summed E-state index contributed by atoms with van der Waals surface area (Å²) in [5, 5.41) is 3.22. The Bertz CT molecular complexity index is 1210. The second-order valence-electron chi connectivity index (χ2n) is 10.3. The number of carbonyl (C=O) groups excluding carboxylic acids is 1. The van der Waals surface area contributed by atoms with Gasteiger partial charge in [0.2, 0.25) is 0 Å². The molecule has 37 heavy (non-hydrogen) atoms. The number of benzene rings is 2. The highest BCUT2D eigenvalue weighted by molar-refractivity contribution is 5.92. The van der Waals surface area contributed by atoms with Crippen molar-refractivity contribution in [2.24, 2.45) is 0 Å². The normalized spacial score (nSPS) is 23.0. The van der Waals surface area contributed by atoms with Gasteiger partial charge in [-0.05, 0) is 86.3 Å². The summed E-state index contributed by atoms with van der Waals surface area (Å²) < 4.78 is 33.4. The Morgan fingerprint density at radius 1 is 1.03 bits per heavy atom. The van der Waals surface area contributed by atoms with Gasteiger partial charge in [-0.1, -0.05) is 31.2 Å². The van der Waals surface area contributed by atoms with E-state index in [1.54, 1.807) is 18.2 Å². The highest BCUT2D eigenvalue weighted by Crippen LogP contribution is 2.36. The van der Waals surface area contributed by atoms with E-state index in [1.165, 1.54) is 18.2 Å². The number of amides is 1. The molecule has 2 saturated heterocycles. The highest BCUT2D eigenvalue weighted by Gasteiger charge is 2.39. The Labute approximate surface area is 217 Å². The van der Waals surface area contributed by atoms with E-state index in [4.69, 9.17) is 4.42 Å². The van der Waals surface area contributed by atoms with Crippen LogP contribution in [-0.2, 0) is 0 Å². The number of halogens is 2. The predicted octanol–water partition coefficient (Wildman–Crippen LogP) is 5.72. The molecular formula is C30H35F2N3O2. The molecule has 2 aromatic carbocycles. The Hall–Kier alpha value is -3.03. The fourth-order valence-corrected chi connectivity index (χ4v) is 5.99. The highest BCUT2D eigenvalue weighted by atomic mass is 19.1. The second-order valence-corrected chi connectivity index (χ2v) is 10.3. The van der Waals surface area contributed by atoms with E-state index >= 15 is 0 Å². The minimum absolute atomic E-state index is 0.00800. The van der Waals surface area contributed by atoms with Gasteiger partial charge in [-0.3, -0.25) is 4.79 Å². The fraction of sp³-hybridized carbons (Fsp3) is 0.433. The van der Waals surface area contributed by atoms with Crippen LogP contribution in [0.2, 0.25) is 0 Å². The number of furan rings is 1.